The first-order chi connectivity index (χ1) is 7.16. The molecule has 1 aliphatic carbocycles. The minimum absolute atomic E-state index is 0.0614. The molecule has 2 rings (SSSR count). The minimum atomic E-state index is -1.01. The summed E-state index contributed by atoms with van der Waals surface area (Å²) in [5.41, 5.74) is 0.696. The van der Waals surface area contributed by atoms with Crippen molar-refractivity contribution in [3.63, 3.8) is 0 Å². The van der Waals surface area contributed by atoms with Crippen LogP contribution in [0, 0.1) is 12.8 Å². The van der Waals surface area contributed by atoms with Gasteiger partial charge in [-0.3, -0.25) is 0 Å². The molecule has 0 atom stereocenters. The molecule has 1 aromatic rings. The molecule has 15 heavy (non-hydrogen) atoms. The van der Waals surface area contributed by atoms with Gasteiger partial charge in [-0.15, -0.1) is 0 Å². The van der Waals surface area contributed by atoms with E-state index >= 15 is 0 Å². The summed E-state index contributed by atoms with van der Waals surface area (Å²) >= 11 is 0. The van der Waals surface area contributed by atoms with Crippen LogP contribution in [0.4, 0.5) is 0 Å². The van der Waals surface area contributed by atoms with Crippen LogP contribution >= 0.6 is 0 Å². The lowest BCUT2D eigenvalue weighted by Gasteiger charge is -2.07. The van der Waals surface area contributed by atoms with E-state index in [1.807, 2.05) is 0 Å². The molecule has 0 bridgehead atoms. The van der Waals surface area contributed by atoms with Gasteiger partial charge in [0, 0.05) is 0 Å². The van der Waals surface area contributed by atoms with Crippen molar-refractivity contribution in [1.29, 1.82) is 0 Å². The van der Waals surface area contributed by atoms with E-state index in [0.717, 1.165) is 6.61 Å². The third kappa shape index (κ3) is 2.46. The highest BCUT2D eigenvalue weighted by Gasteiger charge is 2.22. The molecule has 80 valence electrons. The van der Waals surface area contributed by atoms with Crippen LogP contribution in [0.25, 0.3) is 0 Å². The topological polar surface area (TPSA) is 59.4 Å². The van der Waals surface area contributed by atoms with Crippen LogP contribution in [-0.2, 0) is 0 Å². The van der Waals surface area contributed by atoms with E-state index in [1.165, 1.54) is 18.9 Å². The van der Waals surface area contributed by atoms with Crippen LogP contribution in [0.15, 0.2) is 12.1 Å². The van der Waals surface area contributed by atoms with E-state index < -0.39 is 5.97 Å². The van der Waals surface area contributed by atoms with Crippen molar-refractivity contribution < 1.29 is 14.6 Å². The van der Waals surface area contributed by atoms with Gasteiger partial charge >= 0.3 is 5.97 Å². The summed E-state index contributed by atoms with van der Waals surface area (Å²) in [5, 5.41) is 8.72. The second-order valence-electron chi connectivity index (χ2n) is 3.84. The van der Waals surface area contributed by atoms with E-state index in [9.17, 15) is 4.79 Å². The Hall–Kier alpha value is -1.58. The minimum Gasteiger partial charge on any atom is -0.491 e. The maximum atomic E-state index is 10.6. The lowest BCUT2D eigenvalue weighted by Crippen LogP contribution is -2.05. The van der Waals surface area contributed by atoms with Crippen LogP contribution < -0.4 is 4.74 Å². The summed E-state index contributed by atoms with van der Waals surface area (Å²) in [7, 11) is 0. The Kier molecular flexibility index (Phi) is 2.58. The molecule has 0 aliphatic heterocycles. The van der Waals surface area contributed by atoms with E-state index in [0.29, 0.717) is 17.4 Å². The average molecular weight is 207 g/mol. The summed E-state index contributed by atoms with van der Waals surface area (Å²) in [6.07, 6.45) is 2.47. The number of carbonyl (C=O) groups is 1. The van der Waals surface area contributed by atoms with Gasteiger partial charge in [0.1, 0.15) is 11.4 Å². The summed E-state index contributed by atoms with van der Waals surface area (Å²) < 4.78 is 5.54. The number of nitrogens with zero attached hydrogens (tertiary/aromatic N) is 1. The first-order valence-corrected chi connectivity index (χ1v) is 5.00. The van der Waals surface area contributed by atoms with Crippen LogP contribution in [0.1, 0.15) is 29.0 Å². The molecule has 0 amide bonds. The van der Waals surface area contributed by atoms with Gasteiger partial charge in [-0.25, -0.2) is 9.78 Å². The SMILES string of the molecule is Cc1nc(C(=O)O)ccc1OCC1CC1. The van der Waals surface area contributed by atoms with Crippen molar-refractivity contribution in [2.24, 2.45) is 5.92 Å². The highest BCUT2D eigenvalue weighted by atomic mass is 16.5. The molecule has 0 radical (unpaired) electrons. The van der Waals surface area contributed by atoms with E-state index in [2.05, 4.69) is 4.98 Å². The van der Waals surface area contributed by atoms with Gasteiger partial charge in [-0.05, 0) is 37.8 Å². The quantitative estimate of drug-likeness (QED) is 0.818. The summed E-state index contributed by atoms with van der Waals surface area (Å²) in [5.74, 6) is 0.363. The lowest BCUT2D eigenvalue weighted by atomic mass is 10.3. The van der Waals surface area contributed by atoms with Crippen LogP contribution in [0.2, 0.25) is 0 Å². The van der Waals surface area contributed by atoms with Gasteiger partial charge in [-0.1, -0.05) is 0 Å². The maximum Gasteiger partial charge on any atom is 0.354 e. The third-order valence-electron chi connectivity index (χ3n) is 2.43. The summed E-state index contributed by atoms with van der Waals surface area (Å²) in [6.45, 7) is 2.48. The fourth-order valence-corrected chi connectivity index (χ4v) is 1.31. The number of carboxylic acid groups (broad SMARTS) is 1. The Bertz CT molecular complexity index is 385. The summed E-state index contributed by atoms with van der Waals surface area (Å²) in [6, 6.07) is 3.14. The second kappa shape index (κ2) is 3.88. The molecular weight excluding hydrogens is 194 g/mol. The van der Waals surface area contributed by atoms with E-state index in [1.54, 1.807) is 13.0 Å². The van der Waals surface area contributed by atoms with Crippen molar-refractivity contribution >= 4 is 5.97 Å². The Morgan fingerprint density at radius 2 is 2.33 bits per heavy atom. The zero-order valence-electron chi connectivity index (χ0n) is 8.56. The fourth-order valence-electron chi connectivity index (χ4n) is 1.31. The predicted octanol–water partition coefficient (Wildman–Crippen LogP) is 1.88. The molecule has 0 unspecified atom stereocenters. The molecular formula is C11H13NO3. The smallest absolute Gasteiger partial charge is 0.354 e. The molecule has 1 aliphatic rings. The molecule has 1 aromatic heterocycles. The molecule has 0 saturated heterocycles. The number of hydrogen-bond acceptors (Lipinski definition) is 3. The van der Waals surface area contributed by atoms with Crippen LogP contribution in [-0.4, -0.2) is 22.7 Å². The number of carboxylic acids is 1. The van der Waals surface area contributed by atoms with Gasteiger partial charge in [0.2, 0.25) is 0 Å². The zero-order chi connectivity index (χ0) is 10.8. The molecule has 1 heterocycles. The van der Waals surface area contributed by atoms with Gasteiger partial charge < -0.3 is 9.84 Å². The maximum absolute atomic E-state index is 10.6. The van der Waals surface area contributed by atoms with Crippen molar-refractivity contribution in [2.75, 3.05) is 6.61 Å². The van der Waals surface area contributed by atoms with Gasteiger partial charge in [0.15, 0.2) is 0 Å². The van der Waals surface area contributed by atoms with Crippen molar-refractivity contribution in [2.45, 2.75) is 19.8 Å². The van der Waals surface area contributed by atoms with Crippen molar-refractivity contribution in [3.05, 3.63) is 23.5 Å². The van der Waals surface area contributed by atoms with Crippen LogP contribution in [0.5, 0.6) is 5.75 Å². The molecule has 1 saturated carbocycles. The Morgan fingerprint density at radius 1 is 1.60 bits per heavy atom. The summed E-state index contributed by atoms with van der Waals surface area (Å²) in [4.78, 5) is 14.6. The van der Waals surface area contributed by atoms with Gasteiger partial charge in [-0.2, -0.15) is 0 Å². The number of hydrogen-bond donors (Lipinski definition) is 1. The van der Waals surface area contributed by atoms with Crippen molar-refractivity contribution in [3.8, 4) is 5.75 Å². The average Bonchev–Trinajstić information content (AvgIpc) is 2.99. The highest BCUT2D eigenvalue weighted by Crippen LogP contribution is 2.30. The molecule has 0 spiro atoms. The normalized spacial score (nSPS) is 15.0. The Labute approximate surface area is 87.9 Å². The number of aromatic nitrogens is 1. The second-order valence-corrected chi connectivity index (χ2v) is 3.84. The largest absolute Gasteiger partial charge is 0.491 e. The molecule has 4 heteroatoms. The number of rotatable bonds is 4. The Morgan fingerprint density at radius 3 is 2.87 bits per heavy atom. The van der Waals surface area contributed by atoms with E-state index in [4.69, 9.17) is 9.84 Å². The standard InChI is InChI=1S/C11H13NO3/c1-7-10(15-6-8-2-3-8)5-4-9(12-7)11(13)14/h4-5,8H,2-3,6H2,1H3,(H,13,14). The van der Waals surface area contributed by atoms with Crippen molar-refractivity contribution in [1.82, 2.24) is 4.98 Å². The zero-order valence-corrected chi connectivity index (χ0v) is 8.56. The number of pyridine rings is 1. The first kappa shape index (κ1) is 9.96. The molecule has 1 fully saturated rings. The first-order valence-electron chi connectivity index (χ1n) is 5.00. The van der Waals surface area contributed by atoms with Crippen LogP contribution in [0.3, 0.4) is 0 Å². The molecule has 0 aromatic carbocycles. The monoisotopic (exact) mass is 207 g/mol. The van der Waals surface area contributed by atoms with Gasteiger partial charge in [0.25, 0.3) is 0 Å². The number of aromatic carboxylic acids is 1. The molecule has 4 nitrogen and oxygen atoms in total. The molecule has 1 N–H and O–H groups in total. The third-order valence-corrected chi connectivity index (χ3v) is 2.43. The van der Waals surface area contributed by atoms with E-state index in [-0.39, 0.29) is 5.69 Å². The van der Waals surface area contributed by atoms with Gasteiger partial charge in [0.05, 0.1) is 12.3 Å². The Balaban J connectivity index is 2.07. The predicted molar refractivity (Wildman–Crippen MR) is 54.2 cm³/mol. The highest BCUT2D eigenvalue weighted by molar-refractivity contribution is 5.85. The number of aryl methyl sites for hydroxylation is 1. The lowest BCUT2D eigenvalue weighted by molar-refractivity contribution is 0.0690. The fraction of sp³-hybridized carbons (Fsp3) is 0.455. The number of ether oxygens (including phenoxy) is 1.